The predicted molar refractivity (Wildman–Crippen MR) is 152 cm³/mol. The Balaban J connectivity index is 1.63. The number of guanidine groups is 1. The van der Waals surface area contributed by atoms with Gasteiger partial charge in [-0.3, -0.25) is 0 Å². The first-order valence-corrected chi connectivity index (χ1v) is 13.7. The van der Waals surface area contributed by atoms with Gasteiger partial charge in [-0.2, -0.15) is 18.5 Å². The fourth-order valence-electron chi connectivity index (χ4n) is 4.11. The van der Waals surface area contributed by atoms with E-state index in [0.29, 0.717) is 17.1 Å². The fourth-order valence-corrected chi connectivity index (χ4v) is 5.20. The van der Waals surface area contributed by atoms with Gasteiger partial charge in [-0.25, -0.2) is 5.01 Å². The second-order valence-corrected chi connectivity index (χ2v) is 10.6. The standard InChI is InChI=1S/C29H24ClN5O2S/c30-24-18-16-22(17-19-24)27-26(21-10-4-1-5-11-21)20-35(33-27)29(32-28(31)23-12-6-2-7-13-23)34-38(36,37)25-14-8-3-9-15-25/h1-19,26H,20H2,(H2,31,32,34). The molecule has 5 rings (SSSR count). The Kier molecular flexibility index (Phi) is 7.35. The number of hydrogen-bond donors (Lipinski definition) is 1. The van der Waals surface area contributed by atoms with Crippen molar-refractivity contribution in [3.63, 3.8) is 0 Å². The summed E-state index contributed by atoms with van der Waals surface area (Å²) in [5, 5.41) is 6.93. The topological polar surface area (TPSA) is 100 Å². The monoisotopic (exact) mass is 541 g/mol. The molecule has 0 spiro atoms. The lowest BCUT2D eigenvalue weighted by Crippen LogP contribution is -2.28. The van der Waals surface area contributed by atoms with E-state index < -0.39 is 10.0 Å². The normalized spacial score (nSPS) is 16.4. The minimum Gasteiger partial charge on any atom is -0.383 e. The molecule has 4 aromatic carbocycles. The highest BCUT2D eigenvalue weighted by molar-refractivity contribution is 7.90. The van der Waals surface area contributed by atoms with Crippen LogP contribution in [0.5, 0.6) is 0 Å². The van der Waals surface area contributed by atoms with E-state index in [-0.39, 0.29) is 22.6 Å². The Bertz CT molecular complexity index is 1610. The molecule has 2 N–H and O–H groups in total. The molecule has 0 aliphatic carbocycles. The number of amidine groups is 1. The van der Waals surface area contributed by atoms with E-state index in [1.807, 2.05) is 60.7 Å². The van der Waals surface area contributed by atoms with E-state index in [1.165, 1.54) is 17.1 Å². The lowest BCUT2D eigenvalue weighted by atomic mass is 9.91. The molecule has 0 radical (unpaired) electrons. The number of halogens is 1. The summed E-state index contributed by atoms with van der Waals surface area (Å²) in [6.07, 6.45) is 0. The van der Waals surface area contributed by atoms with Gasteiger partial charge in [-0.05, 0) is 35.4 Å². The van der Waals surface area contributed by atoms with Gasteiger partial charge < -0.3 is 5.73 Å². The minimum atomic E-state index is -4.10. The van der Waals surface area contributed by atoms with Crippen molar-refractivity contribution in [2.24, 2.45) is 20.2 Å². The Morgan fingerprint density at radius 3 is 2.05 bits per heavy atom. The molecule has 0 amide bonds. The molecule has 0 fully saturated rings. The number of hydrogen-bond acceptors (Lipinski definition) is 3. The molecule has 1 aliphatic rings. The van der Waals surface area contributed by atoms with Crippen LogP contribution in [0.15, 0.2) is 135 Å². The molecule has 1 aliphatic heterocycles. The molecule has 190 valence electrons. The quantitative estimate of drug-likeness (QED) is 0.274. The highest BCUT2D eigenvalue weighted by atomic mass is 35.5. The third-order valence-electron chi connectivity index (χ3n) is 6.02. The Morgan fingerprint density at radius 2 is 1.42 bits per heavy atom. The van der Waals surface area contributed by atoms with Crippen molar-refractivity contribution in [1.29, 1.82) is 0 Å². The van der Waals surface area contributed by atoms with Crippen molar-refractivity contribution in [3.8, 4) is 0 Å². The van der Waals surface area contributed by atoms with Crippen molar-refractivity contribution in [2.45, 2.75) is 10.8 Å². The van der Waals surface area contributed by atoms with Gasteiger partial charge in [0.15, 0.2) is 0 Å². The van der Waals surface area contributed by atoms with Crippen molar-refractivity contribution >= 4 is 39.1 Å². The second kappa shape index (κ2) is 11.0. The van der Waals surface area contributed by atoms with Crippen molar-refractivity contribution < 1.29 is 8.42 Å². The SMILES string of the molecule is N/C(=N\C(=N/S(=O)(=O)c1ccccc1)N1CC(c2ccccc2)C(c2ccc(Cl)cc2)=N1)c1ccccc1. The first-order chi connectivity index (χ1) is 18.4. The molecule has 9 heteroatoms. The number of sulfonamides is 1. The molecular weight excluding hydrogens is 518 g/mol. The molecule has 1 heterocycles. The Labute approximate surface area is 226 Å². The van der Waals surface area contributed by atoms with E-state index in [4.69, 9.17) is 22.4 Å². The van der Waals surface area contributed by atoms with Crippen LogP contribution in [0, 0.1) is 0 Å². The van der Waals surface area contributed by atoms with Crippen LogP contribution in [0.4, 0.5) is 0 Å². The maximum absolute atomic E-state index is 13.3. The summed E-state index contributed by atoms with van der Waals surface area (Å²) in [4.78, 5) is 4.52. The Morgan fingerprint density at radius 1 is 0.842 bits per heavy atom. The van der Waals surface area contributed by atoms with Crippen molar-refractivity contribution in [2.75, 3.05) is 6.54 Å². The lowest BCUT2D eigenvalue weighted by molar-refractivity contribution is 0.470. The largest absolute Gasteiger partial charge is 0.383 e. The zero-order valence-corrected chi connectivity index (χ0v) is 21.8. The third-order valence-corrected chi connectivity index (χ3v) is 7.54. The number of benzene rings is 4. The highest BCUT2D eigenvalue weighted by Gasteiger charge is 2.32. The van der Waals surface area contributed by atoms with Crippen molar-refractivity contribution in [1.82, 2.24) is 5.01 Å². The molecule has 0 saturated heterocycles. The van der Waals surface area contributed by atoms with Gasteiger partial charge in [-0.15, -0.1) is 4.40 Å². The van der Waals surface area contributed by atoms with Crippen LogP contribution in [0.2, 0.25) is 5.02 Å². The van der Waals surface area contributed by atoms with Gasteiger partial charge in [0.25, 0.3) is 16.0 Å². The third kappa shape index (κ3) is 5.66. The fraction of sp³-hybridized carbons (Fsp3) is 0.0690. The molecule has 4 aromatic rings. The smallest absolute Gasteiger partial charge is 0.285 e. The van der Waals surface area contributed by atoms with Gasteiger partial charge in [0, 0.05) is 16.5 Å². The van der Waals surface area contributed by atoms with Gasteiger partial charge in [0.05, 0.1) is 17.2 Å². The molecule has 1 unspecified atom stereocenters. The van der Waals surface area contributed by atoms with E-state index in [1.54, 1.807) is 42.5 Å². The maximum atomic E-state index is 13.3. The van der Waals surface area contributed by atoms with Crippen LogP contribution < -0.4 is 5.73 Å². The summed E-state index contributed by atoms with van der Waals surface area (Å²) in [6.45, 7) is 0.316. The summed E-state index contributed by atoms with van der Waals surface area (Å²) in [6, 6.07) is 34.3. The first kappa shape index (κ1) is 25.4. The number of aliphatic imine (C=N–C) groups is 1. The molecule has 1 atom stereocenters. The molecular formula is C29H24ClN5O2S. The maximum Gasteiger partial charge on any atom is 0.285 e. The Hall–Kier alpha value is -4.27. The predicted octanol–water partition coefficient (Wildman–Crippen LogP) is 5.29. The van der Waals surface area contributed by atoms with Crippen LogP contribution in [0.3, 0.4) is 0 Å². The number of rotatable bonds is 5. The molecule has 7 nitrogen and oxygen atoms in total. The van der Waals surface area contributed by atoms with Crippen LogP contribution in [0.25, 0.3) is 0 Å². The van der Waals surface area contributed by atoms with Crippen molar-refractivity contribution in [3.05, 3.63) is 137 Å². The van der Waals surface area contributed by atoms with Crippen LogP contribution >= 0.6 is 11.6 Å². The second-order valence-electron chi connectivity index (χ2n) is 8.58. The number of nitrogens with two attached hydrogens (primary N) is 1. The molecule has 0 saturated carbocycles. The number of hydrazone groups is 1. The summed E-state index contributed by atoms with van der Waals surface area (Å²) >= 11 is 6.13. The average molecular weight is 542 g/mol. The van der Waals surface area contributed by atoms with E-state index in [2.05, 4.69) is 9.39 Å². The first-order valence-electron chi connectivity index (χ1n) is 11.9. The van der Waals surface area contributed by atoms with E-state index in [9.17, 15) is 8.42 Å². The average Bonchev–Trinajstić information content (AvgIpc) is 3.40. The van der Waals surface area contributed by atoms with E-state index >= 15 is 0 Å². The van der Waals surface area contributed by atoms with E-state index in [0.717, 1.165) is 16.8 Å². The molecule has 0 aromatic heterocycles. The summed E-state index contributed by atoms with van der Waals surface area (Å²) < 4.78 is 30.7. The number of nitrogens with zero attached hydrogens (tertiary/aromatic N) is 4. The van der Waals surface area contributed by atoms with Gasteiger partial charge in [0.1, 0.15) is 5.84 Å². The summed E-state index contributed by atoms with van der Waals surface area (Å²) in [5.41, 5.74) is 9.57. The highest BCUT2D eigenvalue weighted by Crippen LogP contribution is 2.30. The van der Waals surface area contributed by atoms with Gasteiger partial charge in [0.2, 0.25) is 0 Å². The van der Waals surface area contributed by atoms with Crippen LogP contribution in [-0.4, -0.2) is 37.5 Å². The van der Waals surface area contributed by atoms with Crippen LogP contribution in [-0.2, 0) is 10.0 Å². The molecule has 38 heavy (non-hydrogen) atoms. The molecule has 0 bridgehead atoms. The summed E-state index contributed by atoms with van der Waals surface area (Å²) in [7, 11) is -4.10. The summed E-state index contributed by atoms with van der Waals surface area (Å²) in [5.74, 6) is -0.172. The van der Waals surface area contributed by atoms with Gasteiger partial charge >= 0.3 is 0 Å². The minimum absolute atomic E-state index is 0.0479. The van der Waals surface area contributed by atoms with Gasteiger partial charge in [-0.1, -0.05) is 103 Å². The zero-order chi connectivity index (χ0) is 26.5. The lowest BCUT2D eigenvalue weighted by Gasteiger charge is -2.16. The van der Waals surface area contributed by atoms with Crippen LogP contribution in [0.1, 0.15) is 22.6 Å². The zero-order valence-electron chi connectivity index (χ0n) is 20.2.